The highest BCUT2D eigenvalue weighted by Crippen LogP contribution is 2.28. The van der Waals surface area contributed by atoms with E-state index in [0.717, 1.165) is 12.1 Å². The number of aryl methyl sites for hydroxylation is 1. The third kappa shape index (κ3) is 4.40. The number of imidazole rings is 1. The van der Waals surface area contributed by atoms with Crippen LogP contribution in [-0.4, -0.2) is 38.7 Å². The zero-order valence-corrected chi connectivity index (χ0v) is 16.2. The van der Waals surface area contributed by atoms with E-state index >= 15 is 0 Å². The lowest BCUT2D eigenvalue weighted by Gasteiger charge is -2.16. The van der Waals surface area contributed by atoms with Crippen molar-refractivity contribution in [3.8, 4) is 0 Å². The SMILES string of the molecule is Cl.Cl.Cn1cc([C@H]2CNC[C@@H]2C(=O)NCc2nc3ccc(F)cc3[nH]2)cn1. The maximum Gasteiger partial charge on any atom is 0.225 e. The van der Waals surface area contributed by atoms with Crippen molar-refractivity contribution in [3.63, 3.8) is 0 Å². The van der Waals surface area contributed by atoms with Crippen molar-refractivity contribution in [1.29, 1.82) is 0 Å². The van der Waals surface area contributed by atoms with Crippen LogP contribution in [0.2, 0.25) is 0 Å². The summed E-state index contributed by atoms with van der Waals surface area (Å²) in [4.78, 5) is 20.0. The summed E-state index contributed by atoms with van der Waals surface area (Å²) in [6.45, 7) is 1.68. The molecule has 3 aromatic rings. The fourth-order valence-corrected chi connectivity index (χ4v) is 3.36. The molecule has 7 nitrogen and oxygen atoms in total. The first-order chi connectivity index (χ1) is 12.1. The van der Waals surface area contributed by atoms with E-state index in [2.05, 4.69) is 25.7 Å². The Morgan fingerprint density at radius 1 is 1.37 bits per heavy atom. The molecule has 1 aliphatic heterocycles. The van der Waals surface area contributed by atoms with Crippen molar-refractivity contribution in [2.75, 3.05) is 13.1 Å². The minimum absolute atomic E-state index is 0. The monoisotopic (exact) mass is 414 g/mol. The summed E-state index contributed by atoms with van der Waals surface area (Å²) in [5, 5.41) is 10.4. The lowest BCUT2D eigenvalue weighted by Crippen LogP contribution is -2.34. The van der Waals surface area contributed by atoms with Crippen LogP contribution in [0, 0.1) is 11.7 Å². The number of H-pyrrole nitrogens is 1. The predicted molar refractivity (Wildman–Crippen MR) is 105 cm³/mol. The van der Waals surface area contributed by atoms with Gasteiger partial charge in [0, 0.05) is 32.3 Å². The maximum absolute atomic E-state index is 13.2. The first-order valence-corrected chi connectivity index (χ1v) is 8.21. The minimum atomic E-state index is -0.317. The minimum Gasteiger partial charge on any atom is -0.349 e. The molecule has 0 spiro atoms. The Bertz CT molecular complexity index is 927. The highest BCUT2D eigenvalue weighted by Gasteiger charge is 2.34. The zero-order valence-electron chi connectivity index (χ0n) is 14.6. The second-order valence-corrected chi connectivity index (χ2v) is 6.38. The average Bonchev–Trinajstić information content (AvgIpc) is 3.30. The van der Waals surface area contributed by atoms with Gasteiger partial charge in [-0.25, -0.2) is 9.37 Å². The first-order valence-electron chi connectivity index (χ1n) is 8.21. The highest BCUT2D eigenvalue weighted by molar-refractivity contribution is 5.85. The van der Waals surface area contributed by atoms with Gasteiger partial charge < -0.3 is 15.6 Å². The molecule has 4 rings (SSSR count). The van der Waals surface area contributed by atoms with Gasteiger partial charge in [-0.15, -0.1) is 24.8 Å². The van der Waals surface area contributed by atoms with Crippen LogP contribution in [-0.2, 0) is 18.4 Å². The number of aromatic amines is 1. The Morgan fingerprint density at radius 2 is 2.19 bits per heavy atom. The first kappa shape index (κ1) is 21.1. The molecular weight excluding hydrogens is 394 g/mol. The van der Waals surface area contributed by atoms with Crippen LogP contribution in [0.3, 0.4) is 0 Å². The molecule has 10 heteroatoms. The lowest BCUT2D eigenvalue weighted by molar-refractivity contribution is -0.125. The van der Waals surface area contributed by atoms with Crippen LogP contribution in [0.5, 0.6) is 0 Å². The summed E-state index contributed by atoms with van der Waals surface area (Å²) in [7, 11) is 1.87. The number of amides is 1. The van der Waals surface area contributed by atoms with Crippen molar-refractivity contribution in [1.82, 2.24) is 30.4 Å². The number of hydrogen-bond donors (Lipinski definition) is 3. The smallest absolute Gasteiger partial charge is 0.225 e. The molecule has 3 heterocycles. The van der Waals surface area contributed by atoms with Gasteiger partial charge in [-0.2, -0.15) is 5.10 Å². The lowest BCUT2D eigenvalue weighted by atomic mass is 9.90. The summed E-state index contributed by atoms with van der Waals surface area (Å²) in [6, 6.07) is 4.38. The summed E-state index contributed by atoms with van der Waals surface area (Å²) in [5.74, 6) is 0.232. The zero-order chi connectivity index (χ0) is 17.4. The number of carbonyl (C=O) groups is 1. The summed E-state index contributed by atoms with van der Waals surface area (Å²) in [6.07, 6.45) is 3.76. The molecule has 0 bridgehead atoms. The molecule has 0 aliphatic carbocycles. The van der Waals surface area contributed by atoms with Crippen molar-refractivity contribution < 1.29 is 9.18 Å². The Kier molecular flexibility index (Phi) is 6.80. The normalized spacial score (nSPS) is 18.7. The van der Waals surface area contributed by atoms with Gasteiger partial charge in [0.1, 0.15) is 11.6 Å². The molecular formula is C17H21Cl2FN6O. The number of aromatic nitrogens is 4. The van der Waals surface area contributed by atoms with E-state index in [1.54, 1.807) is 10.7 Å². The van der Waals surface area contributed by atoms with Gasteiger partial charge in [-0.05, 0) is 23.8 Å². The Morgan fingerprint density at radius 3 is 2.93 bits per heavy atom. The van der Waals surface area contributed by atoms with E-state index in [9.17, 15) is 9.18 Å². The molecule has 0 saturated carbocycles. The number of hydrogen-bond acceptors (Lipinski definition) is 4. The van der Waals surface area contributed by atoms with E-state index in [-0.39, 0.29) is 54.9 Å². The number of halogens is 3. The molecule has 3 N–H and O–H groups in total. The molecule has 1 amide bonds. The Balaban J connectivity index is 0.00000131. The standard InChI is InChI=1S/C17H19FN6O.2ClH/c1-24-9-10(5-21-24)12-6-19-7-13(12)17(25)20-8-16-22-14-3-2-11(18)4-15(14)23-16;;/h2-5,9,12-13,19H,6-8H2,1H3,(H,20,25)(H,22,23);2*1H/t12-,13+;;/m1../s1. The summed E-state index contributed by atoms with van der Waals surface area (Å²) < 4.78 is 15.0. The highest BCUT2D eigenvalue weighted by atomic mass is 35.5. The van der Waals surface area contributed by atoms with Gasteiger partial charge in [0.25, 0.3) is 0 Å². The fraction of sp³-hybridized carbons (Fsp3) is 0.353. The Hall–Kier alpha value is -2.16. The average molecular weight is 415 g/mol. The predicted octanol–water partition coefficient (Wildman–Crippen LogP) is 1.90. The number of rotatable bonds is 4. The summed E-state index contributed by atoms with van der Waals surface area (Å²) >= 11 is 0. The third-order valence-electron chi connectivity index (χ3n) is 4.63. The molecule has 146 valence electrons. The van der Waals surface area contributed by atoms with E-state index in [4.69, 9.17) is 0 Å². The molecule has 1 aromatic carbocycles. The topological polar surface area (TPSA) is 87.6 Å². The second-order valence-electron chi connectivity index (χ2n) is 6.38. The van der Waals surface area contributed by atoms with Crippen molar-refractivity contribution in [3.05, 3.63) is 47.8 Å². The molecule has 27 heavy (non-hydrogen) atoms. The molecule has 0 radical (unpaired) electrons. The van der Waals surface area contributed by atoms with Gasteiger partial charge in [-0.3, -0.25) is 9.48 Å². The van der Waals surface area contributed by atoms with Gasteiger partial charge >= 0.3 is 0 Å². The molecule has 2 aromatic heterocycles. The van der Waals surface area contributed by atoms with Gasteiger partial charge in [0.2, 0.25) is 5.91 Å². The van der Waals surface area contributed by atoms with Crippen molar-refractivity contribution in [2.45, 2.75) is 12.5 Å². The van der Waals surface area contributed by atoms with Crippen LogP contribution in [0.1, 0.15) is 17.3 Å². The van der Waals surface area contributed by atoms with Gasteiger partial charge in [-0.1, -0.05) is 0 Å². The molecule has 1 saturated heterocycles. The van der Waals surface area contributed by atoms with Crippen LogP contribution < -0.4 is 10.6 Å². The van der Waals surface area contributed by atoms with E-state index < -0.39 is 0 Å². The number of carbonyl (C=O) groups excluding carboxylic acids is 1. The molecule has 0 unspecified atom stereocenters. The largest absolute Gasteiger partial charge is 0.349 e. The van der Waals surface area contributed by atoms with Gasteiger partial charge in [0.05, 0.1) is 29.7 Å². The fourth-order valence-electron chi connectivity index (χ4n) is 3.36. The van der Waals surface area contributed by atoms with Crippen molar-refractivity contribution in [2.24, 2.45) is 13.0 Å². The molecule has 1 aliphatic rings. The molecule has 1 fully saturated rings. The quantitative estimate of drug-likeness (QED) is 0.608. The maximum atomic E-state index is 13.2. The van der Waals surface area contributed by atoms with Gasteiger partial charge in [0.15, 0.2) is 0 Å². The Labute approximate surface area is 167 Å². The molecule has 2 atom stereocenters. The van der Waals surface area contributed by atoms with Crippen LogP contribution in [0.25, 0.3) is 11.0 Å². The van der Waals surface area contributed by atoms with E-state index in [1.807, 2.05) is 19.4 Å². The second kappa shape index (κ2) is 8.69. The van der Waals surface area contributed by atoms with Crippen LogP contribution in [0.15, 0.2) is 30.6 Å². The number of nitrogens with zero attached hydrogens (tertiary/aromatic N) is 3. The number of benzene rings is 1. The van der Waals surface area contributed by atoms with E-state index in [1.165, 1.54) is 12.1 Å². The van der Waals surface area contributed by atoms with E-state index in [0.29, 0.717) is 23.4 Å². The van der Waals surface area contributed by atoms with Crippen molar-refractivity contribution >= 4 is 41.8 Å². The van der Waals surface area contributed by atoms with Crippen LogP contribution in [0.4, 0.5) is 4.39 Å². The summed E-state index contributed by atoms with van der Waals surface area (Å²) in [5.41, 5.74) is 2.37. The van der Waals surface area contributed by atoms with Crippen LogP contribution >= 0.6 is 24.8 Å². The number of fused-ring (bicyclic) bond motifs is 1. The third-order valence-corrected chi connectivity index (χ3v) is 4.63. The number of nitrogens with one attached hydrogen (secondary N) is 3.